The molecule has 5 rings (SSSR count). The Morgan fingerprint density at radius 2 is 1.71 bits per heavy atom. The molecule has 0 saturated heterocycles. The Morgan fingerprint density at radius 3 is 2.57 bits per heavy atom. The van der Waals surface area contributed by atoms with Crippen molar-refractivity contribution in [2.45, 2.75) is 38.5 Å². The molecule has 28 heavy (non-hydrogen) atoms. The van der Waals surface area contributed by atoms with E-state index < -0.39 is 0 Å². The first-order valence-corrected chi connectivity index (χ1v) is 10.4. The molecular formula is C26H26O2. The summed E-state index contributed by atoms with van der Waals surface area (Å²) in [6.07, 6.45) is 7.94. The van der Waals surface area contributed by atoms with Crippen molar-refractivity contribution < 1.29 is 9.15 Å². The van der Waals surface area contributed by atoms with Crippen LogP contribution in [0.2, 0.25) is 0 Å². The van der Waals surface area contributed by atoms with Gasteiger partial charge in [-0.2, -0.15) is 0 Å². The second-order valence-corrected chi connectivity index (χ2v) is 8.02. The Morgan fingerprint density at radius 1 is 0.929 bits per heavy atom. The molecule has 1 heterocycles. The third kappa shape index (κ3) is 3.17. The molecule has 2 heteroatoms. The van der Waals surface area contributed by atoms with Crippen molar-refractivity contribution in [2.75, 3.05) is 7.11 Å². The van der Waals surface area contributed by atoms with Crippen LogP contribution in [-0.4, -0.2) is 7.11 Å². The van der Waals surface area contributed by atoms with Crippen LogP contribution in [0.1, 0.15) is 37.7 Å². The highest BCUT2D eigenvalue weighted by Crippen LogP contribution is 2.38. The van der Waals surface area contributed by atoms with Gasteiger partial charge in [0.25, 0.3) is 0 Å². The lowest BCUT2D eigenvalue weighted by Gasteiger charge is -2.10. The number of ether oxygens (including phenoxy) is 1. The van der Waals surface area contributed by atoms with Crippen molar-refractivity contribution in [3.8, 4) is 17.1 Å². The second kappa shape index (κ2) is 7.35. The number of para-hydroxylation sites is 1. The fourth-order valence-corrected chi connectivity index (χ4v) is 4.72. The molecule has 142 valence electrons. The maximum Gasteiger partial charge on any atom is 0.138 e. The van der Waals surface area contributed by atoms with Crippen molar-refractivity contribution in [3.63, 3.8) is 0 Å². The highest BCUT2D eigenvalue weighted by Gasteiger charge is 2.20. The molecule has 0 amide bonds. The van der Waals surface area contributed by atoms with Gasteiger partial charge in [-0.15, -0.1) is 0 Å². The summed E-state index contributed by atoms with van der Waals surface area (Å²) >= 11 is 0. The van der Waals surface area contributed by atoms with Crippen LogP contribution in [0.4, 0.5) is 0 Å². The van der Waals surface area contributed by atoms with Gasteiger partial charge in [-0.3, -0.25) is 0 Å². The number of hydrogen-bond donors (Lipinski definition) is 0. The van der Waals surface area contributed by atoms with E-state index in [-0.39, 0.29) is 0 Å². The summed E-state index contributed by atoms with van der Waals surface area (Å²) in [5, 5.41) is 3.66. The van der Waals surface area contributed by atoms with Gasteiger partial charge in [-0.05, 0) is 53.8 Å². The minimum atomic E-state index is 0.880. The van der Waals surface area contributed by atoms with Gasteiger partial charge in [0, 0.05) is 16.5 Å². The van der Waals surface area contributed by atoms with E-state index in [2.05, 4.69) is 54.6 Å². The standard InChI is InChI=1S/C26H26O2/c1-27-22-14-13-19-16-21(12-11-20(19)17-22)26-24(15-10-18-6-2-3-7-18)23-8-4-5-9-25(23)28-26/h4-5,8-9,11-14,16-18H,2-3,6-7,10,15H2,1H3. The lowest BCUT2D eigenvalue weighted by molar-refractivity contribution is 0.415. The van der Waals surface area contributed by atoms with E-state index in [9.17, 15) is 0 Å². The third-order valence-electron chi connectivity index (χ3n) is 6.29. The lowest BCUT2D eigenvalue weighted by Crippen LogP contribution is -1.97. The number of rotatable bonds is 5. The molecule has 1 aromatic heterocycles. The molecule has 1 fully saturated rings. The van der Waals surface area contributed by atoms with E-state index in [0.29, 0.717) is 0 Å². The molecule has 0 N–H and O–H groups in total. The highest BCUT2D eigenvalue weighted by molar-refractivity contribution is 5.92. The maximum atomic E-state index is 6.37. The average Bonchev–Trinajstić information content (AvgIpc) is 3.39. The average molecular weight is 370 g/mol. The summed E-state index contributed by atoms with van der Waals surface area (Å²) in [5.41, 5.74) is 3.53. The second-order valence-electron chi connectivity index (χ2n) is 8.02. The first-order chi connectivity index (χ1) is 13.8. The molecular weight excluding hydrogens is 344 g/mol. The topological polar surface area (TPSA) is 22.4 Å². The van der Waals surface area contributed by atoms with Crippen LogP contribution in [0.5, 0.6) is 5.75 Å². The van der Waals surface area contributed by atoms with Crippen LogP contribution in [0.3, 0.4) is 0 Å². The fourth-order valence-electron chi connectivity index (χ4n) is 4.72. The van der Waals surface area contributed by atoms with Gasteiger partial charge < -0.3 is 9.15 Å². The molecule has 1 saturated carbocycles. The summed E-state index contributed by atoms with van der Waals surface area (Å²) in [6.45, 7) is 0. The minimum Gasteiger partial charge on any atom is -0.497 e. The monoisotopic (exact) mass is 370 g/mol. The zero-order valence-electron chi connectivity index (χ0n) is 16.4. The SMILES string of the molecule is COc1ccc2cc(-c3oc4ccccc4c3CCC3CCCC3)ccc2c1. The zero-order chi connectivity index (χ0) is 18.9. The van der Waals surface area contributed by atoms with Crippen molar-refractivity contribution in [1.82, 2.24) is 0 Å². The summed E-state index contributed by atoms with van der Waals surface area (Å²) in [4.78, 5) is 0. The van der Waals surface area contributed by atoms with Crippen LogP contribution in [0, 0.1) is 5.92 Å². The number of fused-ring (bicyclic) bond motifs is 2. The quantitative estimate of drug-likeness (QED) is 0.365. The third-order valence-corrected chi connectivity index (χ3v) is 6.29. The smallest absolute Gasteiger partial charge is 0.138 e. The molecule has 2 nitrogen and oxygen atoms in total. The molecule has 3 aromatic carbocycles. The van der Waals surface area contributed by atoms with Crippen molar-refractivity contribution >= 4 is 21.7 Å². The number of methoxy groups -OCH3 is 1. The van der Waals surface area contributed by atoms with Crippen LogP contribution < -0.4 is 4.74 Å². The largest absolute Gasteiger partial charge is 0.497 e. The predicted octanol–water partition coefficient (Wildman–Crippen LogP) is 7.38. The van der Waals surface area contributed by atoms with E-state index in [1.165, 1.54) is 53.8 Å². The maximum absolute atomic E-state index is 6.37. The lowest BCUT2D eigenvalue weighted by atomic mass is 9.94. The van der Waals surface area contributed by atoms with Gasteiger partial charge in [0.15, 0.2) is 0 Å². The first-order valence-electron chi connectivity index (χ1n) is 10.4. The predicted molar refractivity (Wildman–Crippen MR) is 116 cm³/mol. The van der Waals surface area contributed by atoms with Gasteiger partial charge >= 0.3 is 0 Å². The molecule has 1 aliphatic carbocycles. The van der Waals surface area contributed by atoms with E-state index in [1.54, 1.807) is 7.11 Å². The van der Waals surface area contributed by atoms with E-state index >= 15 is 0 Å². The minimum absolute atomic E-state index is 0.880. The van der Waals surface area contributed by atoms with Gasteiger partial charge in [-0.25, -0.2) is 0 Å². The molecule has 0 unspecified atom stereocenters. The van der Waals surface area contributed by atoms with Crippen LogP contribution in [0.15, 0.2) is 65.1 Å². The Labute approximate surface area is 166 Å². The molecule has 0 atom stereocenters. The van der Waals surface area contributed by atoms with Gasteiger partial charge in [0.2, 0.25) is 0 Å². The Kier molecular flexibility index (Phi) is 4.56. The number of aryl methyl sites for hydroxylation is 1. The Bertz CT molecular complexity index is 1120. The highest BCUT2D eigenvalue weighted by atomic mass is 16.5. The van der Waals surface area contributed by atoms with E-state index in [0.717, 1.165) is 35.0 Å². The molecule has 1 aliphatic rings. The van der Waals surface area contributed by atoms with Crippen LogP contribution in [-0.2, 0) is 6.42 Å². The molecule has 0 aliphatic heterocycles. The Hall–Kier alpha value is -2.74. The summed E-state index contributed by atoms with van der Waals surface area (Å²) in [5.74, 6) is 2.81. The van der Waals surface area contributed by atoms with E-state index in [4.69, 9.17) is 9.15 Å². The number of benzene rings is 3. The van der Waals surface area contributed by atoms with E-state index in [1.807, 2.05) is 6.07 Å². The number of furan rings is 1. The summed E-state index contributed by atoms with van der Waals surface area (Å²) < 4.78 is 11.7. The molecule has 4 aromatic rings. The zero-order valence-corrected chi connectivity index (χ0v) is 16.4. The van der Waals surface area contributed by atoms with Gasteiger partial charge in [-0.1, -0.05) is 62.1 Å². The van der Waals surface area contributed by atoms with Crippen LogP contribution in [0.25, 0.3) is 33.1 Å². The first kappa shape index (κ1) is 17.4. The van der Waals surface area contributed by atoms with Crippen molar-refractivity contribution in [1.29, 1.82) is 0 Å². The molecule has 0 spiro atoms. The normalized spacial score (nSPS) is 14.9. The Balaban J connectivity index is 1.57. The molecule has 0 bridgehead atoms. The summed E-state index contributed by atoms with van der Waals surface area (Å²) in [7, 11) is 1.71. The summed E-state index contributed by atoms with van der Waals surface area (Å²) in [6, 6.07) is 21.3. The van der Waals surface area contributed by atoms with Gasteiger partial charge in [0.1, 0.15) is 17.1 Å². The number of hydrogen-bond acceptors (Lipinski definition) is 2. The molecule has 0 radical (unpaired) electrons. The van der Waals surface area contributed by atoms with Crippen molar-refractivity contribution in [3.05, 3.63) is 66.2 Å². The van der Waals surface area contributed by atoms with Crippen LogP contribution >= 0.6 is 0 Å². The van der Waals surface area contributed by atoms with Gasteiger partial charge in [0.05, 0.1) is 7.11 Å². The van der Waals surface area contributed by atoms with Crippen molar-refractivity contribution in [2.24, 2.45) is 5.92 Å². The fraction of sp³-hybridized carbons (Fsp3) is 0.308.